The summed E-state index contributed by atoms with van der Waals surface area (Å²) in [7, 11) is 0. The van der Waals surface area contributed by atoms with Crippen molar-refractivity contribution >= 4 is 52.2 Å². The van der Waals surface area contributed by atoms with Crippen LogP contribution in [0.2, 0.25) is 5.02 Å². The van der Waals surface area contributed by atoms with E-state index in [0.717, 1.165) is 27.8 Å². The van der Waals surface area contributed by atoms with E-state index in [0.29, 0.717) is 10.7 Å². The molecule has 0 bridgehead atoms. The normalized spacial score (nSPS) is 15.6. The van der Waals surface area contributed by atoms with Gasteiger partial charge in [-0.15, -0.1) is 0 Å². The molecule has 3 rings (SSSR count). The van der Waals surface area contributed by atoms with Gasteiger partial charge in [-0.3, -0.25) is 19.3 Å². The van der Waals surface area contributed by atoms with Gasteiger partial charge in [0.1, 0.15) is 6.54 Å². The van der Waals surface area contributed by atoms with Crippen molar-refractivity contribution in [2.75, 3.05) is 11.9 Å². The average Bonchev–Trinajstić information content (AvgIpc) is 2.86. The lowest BCUT2D eigenvalue weighted by atomic mass is 10.2. The highest BCUT2D eigenvalue weighted by Crippen LogP contribution is 2.32. The monoisotopic (exact) mass is 386 g/mol. The molecule has 1 N–H and O–H groups in total. The number of thioether (sulfide) groups is 1. The first-order valence-corrected chi connectivity index (χ1v) is 9.00. The standard InChI is InChI=1S/C19H15ClN2O3S/c1-12-4-2-3-5-15(12)21-17(23)11-22-18(24)16(26-19(22)25)10-13-6-8-14(20)9-7-13/h2-10H,11H2,1H3,(H,21,23)/b16-10+. The Morgan fingerprint density at radius 1 is 1.15 bits per heavy atom. The largest absolute Gasteiger partial charge is 0.324 e. The number of benzene rings is 2. The Bertz CT molecular complexity index is 909. The van der Waals surface area contributed by atoms with Crippen molar-refractivity contribution in [3.05, 3.63) is 69.6 Å². The van der Waals surface area contributed by atoms with Gasteiger partial charge in [-0.25, -0.2) is 0 Å². The van der Waals surface area contributed by atoms with E-state index in [1.165, 1.54) is 0 Å². The van der Waals surface area contributed by atoms with Crippen molar-refractivity contribution in [3.8, 4) is 0 Å². The predicted molar refractivity (Wildman–Crippen MR) is 104 cm³/mol. The molecule has 26 heavy (non-hydrogen) atoms. The molecule has 0 atom stereocenters. The second-order valence-electron chi connectivity index (χ2n) is 5.68. The second-order valence-corrected chi connectivity index (χ2v) is 7.11. The summed E-state index contributed by atoms with van der Waals surface area (Å²) in [6.07, 6.45) is 1.61. The maximum Gasteiger partial charge on any atom is 0.294 e. The highest BCUT2D eigenvalue weighted by Gasteiger charge is 2.36. The molecule has 1 aliphatic heterocycles. The van der Waals surface area contributed by atoms with E-state index in [1.807, 2.05) is 19.1 Å². The van der Waals surface area contributed by atoms with Gasteiger partial charge in [-0.05, 0) is 54.1 Å². The maximum atomic E-state index is 12.5. The molecule has 0 aromatic heterocycles. The number of nitrogens with zero attached hydrogens (tertiary/aromatic N) is 1. The van der Waals surface area contributed by atoms with Crippen molar-refractivity contribution in [1.29, 1.82) is 0 Å². The van der Waals surface area contributed by atoms with Gasteiger partial charge in [-0.2, -0.15) is 0 Å². The fraction of sp³-hybridized carbons (Fsp3) is 0.105. The smallest absolute Gasteiger partial charge is 0.294 e. The number of rotatable bonds is 4. The van der Waals surface area contributed by atoms with Crippen LogP contribution in [0.4, 0.5) is 10.5 Å². The summed E-state index contributed by atoms with van der Waals surface area (Å²) in [6.45, 7) is 1.54. The van der Waals surface area contributed by atoms with Crippen LogP contribution in [0, 0.1) is 6.92 Å². The molecule has 0 radical (unpaired) electrons. The Morgan fingerprint density at radius 3 is 2.54 bits per heavy atom. The zero-order valence-corrected chi connectivity index (χ0v) is 15.4. The first-order valence-electron chi connectivity index (χ1n) is 7.80. The number of aryl methyl sites for hydroxylation is 1. The number of halogens is 1. The van der Waals surface area contributed by atoms with Crippen molar-refractivity contribution in [1.82, 2.24) is 4.90 Å². The zero-order chi connectivity index (χ0) is 18.7. The number of para-hydroxylation sites is 1. The third kappa shape index (κ3) is 4.15. The molecular weight excluding hydrogens is 372 g/mol. The number of anilines is 1. The van der Waals surface area contributed by atoms with E-state index < -0.39 is 17.1 Å². The summed E-state index contributed by atoms with van der Waals surface area (Å²) in [6, 6.07) is 14.2. The number of amides is 3. The lowest BCUT2D eigenvalue weighted by molar-refractivity contribution is -0.127. The number of carbonyl (C=O) groups excluding carboxylic acids is 3. The van der Waals surface area contributed by atoms with Crippen LogP contribution in [0.3, 0.4) is 0 Å². The molecular formula is C19H15ClN2O3S. The van der Waals surface area contributed by atoms with Crippen LogP contribution in [0.25, 0.3) is 6.08 Å². The number of hydrogen-bond acceptors (Lipinski definition) is 4. The summed E-state index contributed by atoms with van der Waals surface area (Å²) in [4.78, 5) is 38.0. The molecule has 1 heterocycles. The summed E-state index contributed by atoms with van der Waals surface area (Å²) < 4.78 is 0. The highest BCUT2D eigenvalue weighted by atomic mass is 35.5. The molecule has 1 aliphatic rings. The molecule has 1 fully saturated rings. The first kappa shape index (κ1) is 18.2. The van der Waals surface area contributed by atoms with Crippen LogP contribution in [0.5, 0.6) is 0 Å². The van der Waals surface area contributed by atoms with Gasteiger partial charge >= 0.3 is 0 Å². The van der Waals surface area contributed by atoms with Gasteiger partial charge in [0.05, 0.1) is 4.91 Å². The highest BCUT2D eigenvalue weighted by molar-refractivity contribution is 8.18. The van der Waals surface area contributed by atoms with Gasteiger partial charge in [-0.1, -0.05) is 41.9 Å². The first-order chi connectivity index (χ1) is 12.4. The van der Waals surface area contributed by atoms with E-state index in [2.05, 4.69) is 5.32 Å². The molecule has 2 aromatic rings. The van der Waals surface area contributed by atoms with Gasteiger partial charge in [0.2, 0.25) is 5.91 Å². The van der Waals surface area contributed by atoms with Crippen LogP contribution in [-0.2, 0) is 9.59 Å². The maximum absolute atomic E-state index is 12.5. The molecule has 2 aromatic carbocycles. The van der Waals surface area contributed by atoms with E-state index in [9.17, 15) is 14.4 Å². The Labute approximate surface area is 160 Å². The Hall–Kier alpha value is -2.57. The fourth-order valence-corrected chi connectivity index (χ4v) is 3.36. The summed E-state index contributed by atoms with van der Waals surface area (Å²) >= 11 is 6.66. The van der Waals surface area contributed by atoms with Crippen molar-refractivity contribution in [2.24, 2.45) is 0 Å². The van der Waals surface area contributed by atoms with Crippen molar-refractivity contribution in [3.63, 3.8) is 0 Å². The van der Waals surface area contributed by atoms with Crippen molar-refractivity contribution in [2.45, 2.75) is 6.92 Å². The molecule has 5 nitrogen and oxygen atoms in total. The van der Waals surface area contributed by atoms with E-state index in [1.54, 1.807) is 42.5 Å². The van der Waals surface area contributed by atoms with Crippen LogP contribution < -0.4 is 5.32 Å². The minimum Gasteiger partial charge on any atom is -0.324 e. The molecule has 0 aliphatic carbocycles. The predicted octanol–water partition coefficient (Wildman–Crippen LogP) is 4.32. The number of imide groups is 1. The number of hydrogen-bond donors (Lipinski definition) is 1. The van der Waals surface area contributed by atoms with Crippen LogP contribution in [0.1, 0.15) is 11.1 Å². The van der Waals surface area contributed by atoms with E-state index in [-0.39, 0.29) is 11.4 Å². The molecule has 7 heteroatoms. The summed E-state index contributed by atoms with van der Waals surface area (Å²) in [5.41, 5.74) is 2.31. The minimum atomic E-state index is -0.477. The zero-order valence-electron chi connectivity index (χ0n) is 13.9. The fourth-order valence-electron chi connectivity index (χ4n) is 2.39. The van der Waals surface area contributed by atoms with E-state index in [4.69, 9.17) is 11.6 Å². The lowest BCUT2D eigenvalue weighted by Crippen LogP contribution is -2.36. The third-order valence-electron chi connectivity index (χ3n) is 3.76. The average molecular weight is 387 g/mol. The molecule has 0 saturated carbocycles. The number of nitrogens with one attached hydrogen (secondary N) is 1. The summed E-state index contributed by atoms with van der Waals surface area (Å²) in [5, 5.41) is 2.84. The number of carbonyl (C=O) groups is 3. The van der Waals surface area contributed by atoms with E-state index >= 15 is 0 Å². The molecule has 132 valence electrons. The van der Waals surface area contributed by atoms with Crippen molar-refractivity contribution < 1.29 is 14.4 Å². The summed E-state index contributed by atoms with van der Waals surface area (Å²) in [5.74, 6) is -0.899. The van der Waals surface area contributed by atoms with Gasteiger partial charge in [0, 0.05) is 10.7 Å². The minimum absolute atomic E-state index is 0.279. The quantitative estimate of drug-likeness (QED) is 0.794. The molecule has 0 unspecified atom stereocenters. The molecule has 3 amide bonds. The second kappa shape index (κ2) is 7.76. The van der Waals surface area contributed by atoms with Crippen LogP contribution in [0.15, 0.2) is 53.4 Å². The lowest BCUT2D eigenvalue weighted by Gasteiger charge is -2.13. The van der Waals surface area contributed by atoms with Crippen LogP contribution >= 0.6 is 23.4 Å². The Balaban J connectivity index is 1.70. The molecule has 0 spiro atoms. The topological polar surface area (TPSA) is 66.5 Å². The van der Waals surface area contributed by atoms with Gasteiger partial charge in [0.25, 0.3) is 11.1 Å². The van der Waals surface area contributed by atoms with Gasteiger partial charge < -0.3 is 5.32 Å². The Morgan fingerprint density at radius 2 is 1.85 bits per heavy atom. The Kier molecular flexibility index (Phi) is 5.44. The third-order valence-corrected chi connectivity index (χ3v) is 4.92. The van der Waals surface area contributed by atoms with Crippen LogP contribution in [-0.4, -0.2) is 28.5 Å². The van der Waals surface area contributed by atoms with Gasteiger partial charge in [0.15, 0.2) is 0 Å². The SMILES string of the molecule is Cc1ccccc1NC(=O)CN1C(=O)S/C(=C/c2ccc(Cl)cc2)C1=O. The molecule has 1 saturated heterocycles.